The fourth-order valence-electron chi connectivity index (χ4n) is 2.30. The zero-order valence-corrected chi connectivity index (χ0v) is 13.8. The quantitative estimate of drug-likeness (QED) is 0.852. The van der Waals surface area contributed by atoms with Gasteiger partial charge in [0.2, 0.25) is 10.0 Å². The van der Waals surface area contributed by atoms with Gasteiger partial charge >= 0.3 is 0 Å². The summed E-state index contributed by atoms with van der Waals surface area (Å²) < 4.78 is 26.6. The molecule has 1 aliphatic rings. The van der Waals surface area contributed by atoms with Crippen LogP contribution in [0, 0.1) is 0 Å². The van der Waals surface area contributed by atoms with Crippen LogP contribution in [0.15, 0.2) is 29.2 Å². The Bertz CT molecular complexity index is 604. The van der Waals surface area contributed by atoms with Crippen molar-refractivity contribution in [1.29, 1.82) is 0 Å². The number of carbonyl (C=O) groups is 1. The highest BCUT2D eigenvalue weighted by Gasteiger charge is 2.28. The zero-order valence-electron chi connectivity index (χ0n) is 12.2. The number of nitrogens with one attached hydrogen (secondary N) is 1. The first-order valence-corrected chi connectivity index (χ1v) is 8.26. The molecule has 1 saturated heterocycles. The Morgan fingerprint density at radius 3 is 2.76 bits per heavy atom. The van der Waals surface area contributed by atoms with Crippen molar-refractivity contribution in [3.05, 3.63) is 29.8 Å². The molecular formula is C14H21ClN2O3S. The molecule has 7 heteroatoms. The van der Waals surface area contributed by atoms with Crippen LogP contribution < -0.4 is 5.32 Å². The number of sulfonamides is 1. The minimum absolute atomic E-state index is 0. The highest BCUT2D eigenvalue weighted by molar-refractivity contribution is 7.89. The van der Waals surface area contributed by atoms with Crippen LogP contribution in [0.4, 0.5) is 0 Å². The summed E-state index contributed by atoms with van der Waals surface area (Å²) >= 11 is 0. The average molecular weight is 333 g/mol. The lowest BCUT2D eigenvalue weighted by atomic mass is 10.1. The molecule has 1 unspecified atom stereocenters. The van der Waals surface area contributed by atoms with Gasteiger partial charge in [0, 0.05) is 37.7 Å². The molecule has 0 aliphatic carbocycles. The van der Waals surface area contributed by atoms with Crippen molar-refractivity contribution in [2.45, 2.75) is 31.2 Å². The van der Waals surface area contributed by atoms with Gasteiger partial charge in [0.1, 0.15) is 0 Å². The van der Waals surface area contributed by atoms with Gasteiger partial charge < -0.3 is 5.32 Å². The highest BCUT2D eigenvalue weighted by Crippen LogP contribution is 2.19. The van der Waals surface area contributed by atoms with Crippen molar-refractivity contribution in [2.24, 2.45) is 0 Å². The predicted octanol–water partition coefficient (Wildman–Crippen LogP) is 1.68. The Morgan fingerprint density at radius 1 is 1.43 bits per heavy atom. The fourth-order valence-corrected chi connectivity index (χ4v) is 3.87. The maximum absolute atomic E-state index is 12.6. The van der Waals surface area contributed by atoms with E-state index in [9.17, 15) is 13.2 Å². The largest absolute Gasteiger partial charge is 0.312 e. The van der Waals surface area contributed by atoms with Crippen molar-refractivity contribution in [2.75, 3.05) is 19.6 Å². The molecule has 0 aromatic heterocycles. The predicted molar refractivity (Wildman–Crippen MR) is 84.5 cm³/mol. The second-order valence-electron chi connectivity index (χ2n) is 5.02. The summed E-state index contributed by atoms with van der Waals surface area (Å²) in [4.78, 5) is 11.9. The molecule has 1 N–H and O–H groups in total. The third-order valence-corrected chi connectivity index (χ3v) is 5.31. The van der Waals surface area contributed by atoms with Gasteiger partial charge in [-0.15, -0.1) is 12.4 Å². The van der Waals surface area contributed by atoms with Crippen molar-refractivity contribution >= 4 is 28.2 Å². The maximum atomic E-state index is 12.6. The number of ketones is 1. The molecule has 0 saturated carbocycles. The number of benzene rings is 1. The van der Waals surface area contributed by atoms with E-state index < -0.39 is 10.0 Å². The monoisotopic (exact) mass is 332 g/mol. The molecule has 5 nitrogen and oxygen atoms in total. The van der Waals surface area contributed by atoms with Gasteiger partial charge in [-0.25, -0.2) is 8.42 Å². The second-order valence-corrected chi connectivity index (χ2v) is 6.96. The number of halogens is 1. The Labute approximate surface area is 132 Å². The molecule has 1 atom stereocenters. The van der Waals surface area contributed by atoms with E-state index >= 15 is 0 Å². The number of nitrogens with zero attached hydrogens (tertiary/aromatic N) is 1. The molecule has 1 aliphatic heterocycles. The molecule has 118 valence electrons. The lowest BCUT2D eigenvalue weighted by molar-refractivity contribution is 0.0988. The van der Waals surface area contributed by atoms with Gasteiger partial charge in [-0.1, -0.05) is 19.1 Å². The summed E-state index contributed by atoms with van der Waals surface area (Å²) in [5.41, 5.74) is 0.455. The van der Waals surface area contributed by atoms with Crippen LogP contribution in [0.3, 0.4) is 0 Å². The van der Waals surface area contributed by atoms with Gasteiger partial charge in [-0.3, -0.25) is 4.79 Å². The molecule has 2 rings (SSSR count). The van der Waals surface area contributed by atoms with E-state index in [1.165, 1.54) is 10.4 Å². The van der Waals surface area contributed by atoms with Crippen LogP contribution in [-0.4, -0.2) is 44.2 Å². The molecule has 0 radical (unpaired) electrons. The topological polar surface area (TPSA) is 66.5 Å². The van der Waals surface area contributed by atoms with Gasteiger partial charge in [-0.05, 0) is 19.1 Å². The molecule has 1 aromatic rings. The Morgan fingerprint density at radius 2 is 2.14 bits per heavy atom. The minimum Gasteiger partial charge on any atom is -0.312 e. The molecule has 1 heterocycles. The molecule has 1 aromatic carbocycles. The number of piperazine rings is 1. The van der Waals surface area contributed by atoms with Crippen molar-refractivity contribution < 1.29 is 13.2 Å². The number of hydrogen-bond donors (Lipinski definition) is 1. The summed E-state index contributed by atoms with van der Waals surface area (Å²) in [6, 6.07) is 6.45. The Kier molecular flexibility index (Phi) is 6.34. The van der Waals surface area contributed by atoms with Gasteiger partial charge in [0.15, 0.2) is 5.78 Å². The van der Waals surface area contributed by atoms with Gasteiger partial charge in [0.05, 0.1) is 4.90 Å². The van der Waals surface area contributed by atoms with E-state index in [2.05, 4.69) is 5.32 Å². The van der Waals surface area contributed by atoms with Crippen molar-refractivity contribution in [1.82, 2.24) is 9.62 Å². The Hall–Kier alpha value is -0.950. The van der Waals surface area contributed by atoms with Crippen LogP contribution in [-0.2, 0) is 10.0 Å². The summed E-state index contributed by atoms with van der Waals surface area (Å²) in [5.74, 6) is -0.0456. The standard InChI is InChI=1S/C14H20N2O3S.ClH/c1-3-14(17)12-5-4-6-13(9-12)20(18,19)16-8-7-15-11(2)10-16;/h4-6,9,11,15H,3,7-8,10H2,1-2H3;1H. The SMILES string of the molecule is CCC(=O)c1cccc(S(=O)(=O)N2CCNC(C)C2)c1.Cl. The Balaban J connectivity index is 0.00000220. The van der Waals surface area contributed by atoms with E-state index in [1.807, 2.05) is 6.92 Å². The molecule has 0 spiro atoms. The van der Waals surface area contributed by atoms with Crippen LogP contribution in [0.1, 0.15) is 30.6 Å². The molecule has 0 bridgehead atoms. The van der Waals surface area contributed by atoms with E-state index in [-0.39, 0.29) is 29.1 Å². The smallest absolute Gasteiger partial charge is 0.243 e. The normalized spacial score (nSPS) is 19.8. The summed E-state index contributed by atoms with van der Waals surface area (Å²) in [7, 11) is -3.52. The van der Waals surface area contributed by atoms with E-state index in [0.29, 0.717) is 31.6 Å². The number of carbonyl (C=O) groups excluding carboxylic acids is 1. The van der Waals surface area contributed by atoms with Gasteiger partial charge in [0.25, 0.3) is 0 Å². The number of rotatable bonds is 4. The first-order chi connectivity index (χ1) is 9.45. The summed E-state index contributed by atoms with van der Waals surface area (Å²) in [5, 5.41) is 3.21. The number of hydrogen-bond acceptors (Lipinski definition) is 4. The van der Waals surface area contributed by atoms with Crippen molar-refractivity contribution in [3.8, 4) is 0 Å². The average Bonchev–Trinajstić information content (AvgIpc) is 2.46. The lowest BCUT2D eigenvalue weighted by Gasteiger charge is -2.31. The zero-order chi connectivity index (χ0) is 14.8. The van der Waals surface area contributed by atoms with Gasteiger partial charge in [-0.2, -0.15) is 4.31 Å². The summed E-state index contributed by atoms with van der Waals surface area (Å²) in [6.45, 7) is 5.28. The first kappa shape index (κ1) is 18.1. The third kappa shape index (κ3) is 4.03. The molecular weight excluding hydrogens is 312 g/mol. The fraction of sp³-hybridized carbons (Fsp3) is 0.500. The number of Topliss-reactive ketones (excluding diaryl/α,β-unsaturated/α-hetero) is 1. The van der Waals surface area contributed by atoms with Crippen LogP contribution in [0.2, 0.25) is 0 Å². The molecule has 1 fully saturated rings. The van der Waals surface area contributed by atoms with Crippen LogP contribution in [0.25, 0.3) is 0 Å². The third-order valence-electron chi connectivity index (χ3n) is 3.45. The second kappa shape index (κ2) is 7.35. The van der Waals surface area contributed by atoms with Crippen molar-refractivity contribution in [3.63, 3.8) is 0 Å². The minimum atomic E-state index is -3.52. The van der Waals surface area contributed by atoms with E-state index in [4.69, 9.17) is 0 Å². The van der Waals surface area contributed by atoms with E-state index in [0.717, 1.165) is 0 Å². The van der Waals surface area contributed by atoms with Crippen LogP contribution in [0.5, 0.6) is 0 Å². The molecule has 0 amide bonds. The lowest BCUT2D eigenvalue weighted by Crippen LogP contribution is -2.51. The summed E-state index contributed by atoms with van der Waals surface area (Å²) in [6.07, 6.45) is 0.369. The maximum Gasteiger partial charge on any atom is 0.243 e. The van der Waals surface area contributed by atoms with E-state index in [1.54, 1.807) is 25.1 Å². The first-order valence-electron chi connectivity index (χ1n) is 6.82. The highest BCUT2D eigenvalue weighted by atomic mass is 35.5. The van der Waals surface area contributed by atoms with Crippen LogP contribution >= 0.6 is 12.4 Å². The molecule has 21 heavy (non-hydrogen) atoms.